The van der Waals surface area contributed by atoms with E-state index in [9.17, 15) is 13.6 Å². The maximum atomic E-state index is 13.7. The summed E-state index contributed by atoms with van der Waals surface area (Å²) in [5.41, 5.74) is 1.04. The number of nitrogens with zero attached hydrogens (tertiary/aromatic N) is 2. The minimum atomic E-state index is -0.781. The van der Waals surface area contributed by atoms with Gasteiger partial charge in [-0.25, -0.2) is 8.78 Å². The first kappa shape index (κ1) is 18.6. The molecule has 0 aliphatic carbocycles. The van der Waals surface area contributed by atoms with Crippen LogP contribution >= 0.6 is 11.6 Å². The second-order valence-electron chi connectivity index (χ2n) is 6.29. The molecule has 1 aliphatic rings. The second-order valence-corrected chi connectivity index (χ2v) is 6.73. The van der Waals surface area contributed by atoms with E-state index in [1.165, 1.54) is 6.07 Å². The van der Waals surface area contributed by atoms with Crippen LogP contribution in [0.4, 0.5) is 20.2 Å². The largest absolute Gasteiger partial charge is 0.369 e. The molecule has 1 atom stereocenters. The van der Waals surface area contributed by atoms with Gasteiger partial charge >= 0.3 is 0 Å². The van der Waals surface area contributed by atoms with Gasteiger partial charge in [0.15, 0.2) is 0 Å². The van der Waals surface area contributed by atoms with Crippen LogP contribution in [0.5, 0.6) is 0 Å². The van der Waals surface area contributed by atoms with E-state index in [0.717, 1.165) is 30.9 Å². The third-order valence-electron chi connectivity index (χ3n) is 4.60. The van der Waals surface area contributed by atoms with Crippen LogP contribution in [0.2, 0.25) is 5.02 Å². The van der Waals surface area contributed by atoms with Crippen molar-refractivity contribution in [1.82, 2.24) is 4.90 Å². The Balaban J connectivity index is 1.57. The number of amides is 1. The minimum Gasteiger partial charge on any atom is -0.369 e. The molecule has 1 fully saturated rings. The second kappa shape index (κ2) is 8.01. The van der Waals surface area contributed by atoms with Gasteiger partial charge in [0.25, 0.3) is 0 Å². The van der Waals surface area contributed by atoms with Crippen molar-refractivity contribution in [1.29, 1.82) is 0 Å². The summed E-state index contributed by atoms with van der Waals surface area (Å²) < 4.78 is 26.7. The third-order valence-corrected chi connectivity index (χ3v) is 4.84. The van der Waals surface area contributed by atoms with Gasteiger partial charge in [0.05, 0.1) is 11.7 Å². The van der Waals surface area contributed by atoms with Crippen LogP contribution in [0.15, 0.2) is 42.5 Å². The zero-order valence-electron chi connectivity index (χ0n) is 14.4. The van der Waals surface area contributed by atoms with Crippen molar-refractivity contribution in [2.75, 3.05) is 36.4 Å². The Morgan fingerprint density at radius 3 is 2.50 bits per heavy atom. The van der Waals surface area contributed by atoms with Gasteiger partial charge in [-0.3, -0.25) is 9.69 Å². The monoisotopic (exact) mass is 379 g/mol. The molecule has 3 rings (SSSR count). The molecule has 2 aromatic carbocycles. The number of benzene rings is 2. The van der Waals surface area contributed by atoms with Crippen LogP contribution < -0.4 is 10.2 Å². The first-order valence-electron chi connectivity index (χ1n) is 8.44. The van der Waals surface area contributed by atoms with Gasteiger partial charge < -0.3 is 10.2 Å². The van der Waals surface area contributed by atoms with E-state index < -0.39 is 17.7 Å². The van der Waals surface area contributed by atoms with Crippen molar-refractivity contribution in [3.8, 4) is 0 Å². The summed E-state index contributed by atoms with van der Waals surface area (Å²) in [5.74, 6) is -1.77. The number of carbonyl (C=O) groups is 1. The van der Waals surface area contributed by atoms with Crippen LogP contribution in [0.1, 0.15) is 6.92 Å². The first-order chi connectivity index (χ1) is 12.4. The molecule has 0 radical (unpaired) electrons. The quantitative estimate of drug-likeness (QED) is 0.878. The smallest absolute Gasteiger partial charge is 0.241 e. The molecule has 0 spiro atoms. The number of anilines is 2. The number of hydrogen-bond acceptors (Lipinski definition) is 3. The van der Waals surface area contributed by atoms with Crippen LogP contribution in [0.3, 0.4) is 0 Å². The Kier molecular flexibility index (Phi) is 5.74. The van der Waals surface area contributed by atoms with Gasteiger partial charge in [0.1, 0.15) is 11.6 Å². The fourth-order valence-electron chi connectivity index (χ4n) is 3.03. The predicted octanol–water partition coefficient (Wildman–Crippen LogP) is 3.77. The number of nitrogens with one attached hydrogen (secondary N) is 1. The van der Waals surface area contributed by atoms with Crippen LogP contribution in [-0.2, 0) is 4.79 Å². The summed E-state index contributed by atoms with van der Waals surface area (Å²) in [5, 5.41) is 3.23. The molecule has 26 heavy (non-hydrogen) atoms. The molecule has 4 nitrogen and oxygen atoms in total. The summed E-state index contributed by atoms with van der Waals surface area (Å²) in [6, 6.07) is 10.4. The molecule has 1 saturated heterocycles. The van der Waals surface area contributed by atoms with E-state index in [2.05, 4.69) is 10.2 Å². The van der Waals surface area contributed by atoms with E-state index in [1.54, 1.807) is 6.92 Å². The molecule has 0 bridgehead atoms. The van der Waals surface area contributed by atoms with E-state index in [4.69, 9.17) is 11.6 Å². The van der Waals surface area contributed by atoms with E-state index in [1.807, 2.05) is 29.2 Å². The van der Waals surface area contributed by atoms with Crippen molar-refractivity contribution in [2.24, 2.45) is 0 Å². The van der Waals surface area contributed by atoms with Crippen LogP contribution in [0, 0.1) is 11.6 Å². The van der Waals surface area contributed by atoms with Crippen LogP contribution in [0.25, 0.3) is 0 Å². The van der Waals surface area contributed by atoms with E-state index in [-0.39, 0.29) is 11.6 Å². The molecule has 138 valence electrons. The lowest BCUT2D eigenvalue weighted by Gasteiger charge is -2.38. The highest BCUT2D eigenvalue weighted by Crippen LogP contribution is 2.22. The molecular weight excluding hydrogens is 360 g/mol. The van der Waals surface area contributed by atoms with Gasteiger partial charge in [0, 0.05) is 43.0 Å². The van der Waals surface area contributed by atoms with E-state index >= 15 is 0 Å². The molecule has 7 heteroatoms. The Morgan fingerprint density at radius 2 is 1.85 bits per heavy atom. The lowest BCUT2D eigenvalue weighted by molar-refractivity contribution is -0.120. The SMILES string of the molecule is CC(C(=O)Nc1ccc(F)cc1F)N1CCN(c2cccc(Cl)c2)CC1. The zero-order chi connectivity index (χ0) is 18.7. The summed E-state index contributed by atoms with van der Waals surface area (Å²) in [4.78, 5) is 16.7. The maximum Gasteiger partial charge on any atom is 0.241 e. The standard InChI is InChI=1S/C19H20ClF2N3O/c1-13(19(26)23-18-6-5-15(21)12-17(18)22)24-7-9-25(10-8-24)16-4-2-3-14(20)11-16/h2-6,11-13H,7-10H2,1H3,(H,23,26). The fourth-order valence-corrected chi connectivity index (χ4v) is 3.22. The topological polar surface area (TPSA) is 35.6 Å². The molecule has 1 amide bonds. The Morgan fingerprint density at radius 1 is 1.12 bits per heavy atom. The molecular formula is C19H20ClF2N3O. The van der Waals surface area contributed by atoms with Gasteiger partial charge in [-0.2, -0.15) is 0 Å². The van der Waals surface area contributed by atoms with Crippen molar-refractivity contribution in [2.45, 2.75) is 13.0 Å². The minimum absolute atomic E-state index is 0.0131. The zero-order valence-corrected chi connectivity index (χ0v) is 15.1. The third kappa shape index (κ3) is 4.31. The van der Waals surface area contributed by atoms with Gasteiger partial charge in [-0.05, 0) is 37.3 Å². The molecule has 1 N–H and O–H groups in total. The summed E-state index contributed by atoms with van der Waals surface area (Å²) in [7, 11) is 0. The summed E-state index contributed by atoms with van der Waals surface area (Å²) >= 11 is 6.04. The number of rotatable bonds is 4. The highest BCUT2D eigenvalue weighted by atomic mass is 35.5. The van der Waals surface area contributed by atoms with Crippen molar-refractivity contribution in [3.05, 3.63) is 59.1 Å². The molecule has 0 aromatic heterocycles. The fraction of sp³-hybridized carbons (Fsp3) is 0.316. The Hall–Kier alpha value is -2.18. The summed E-state index contributed by atoms with van der Waals surface area (Å²) in [6.45, 7) is 4.72. The van der Waals surface area contributed by atoms with Crippen molar-refractivity contribution >= 4 is 28.9 Å². The number of carbonyl (C=O) groups excluding carboxylic acids is 1. The lowest BCUT2D eigenvalue weighted by Crippen LogP contribution is -2.52. The van der Waals surface area contributed by atoms with Gasteiger partial charge in [0.2, 0.25) is 5.91 Å². The average Bonchev–Trinajstić information content (AvgIpc) is 2.63. The van der Waals surface area contributed by atoms with Crippen molar-refractivity contribution in [3.63, 3.8) is 0 Å². The molecule has 1 heterocycles. The maximum absolute atomic E-state index is 13.7. The summed E-state index contributed by atoms with van der Waals surface area (Å²) in [6.07, 6.45) is 0. The normalized spacial score (nSPS) is 16.4. The number of piperazine rings is 1. The van der Waals surface area contributed by atoms with Crippen molar-refractivity contribution < 1.29 is 13.6 Å². The van der Waals surface area contributed by atoms with Crippen LogP contribution in [-0.4, -0.2) is 43.0 Å². The Labute approximate surface area is 156 Å². The highest BCUT2D eigenvalue weighted by molar-refractivity contribution is 6.30. The predicted molar refractivity (Wildman–Crippen MR) is 99.7 cm³/mol. The Bertz CT molecular complexity index is 794. The van der Waals surface area contributed by atoms with Gasteiger partial charge in [-0.15, -0.1) is 0 Å². The average molecular weight is 380 g/mol. The number of hydrogen-bond donors (Lipinski definition) is 1. The number of halogens is 3. The van der Waals surface area contributed by atoms with E-state index in [0.29, 0.717) is 18.1 Å². The van der Waals surface area contributed by atoms with Gasteiger partial charge in [-0.1, -0.05) is 17.7 Å². The molecule has 0 saturated carbocycles. The molecule has 2 aromatic rings. The first-order valence-corrected chi connectivity index (χ1v) is 8.82. The molecule has 1 aliphatic heterocycles. The lowest BCUT2D eigenvalue weighted by atomic mass is 10.2. The highest BCUT2D eigenvalue weighted by Gasteiger charge is 2.26. The molecule has 1 unspecified atom stereocenters.